The molecule has 4 rings (SSSR count). The lowest BCUT2D eigenvalue weighted by molar-refractivity contribution is -0.174. The zero-order valence-electron chi connectivity index (χ0n) is 50.8. The minimum Gasteiger partial charge on any atom is -0.464 e. The molecule has 2 aromatic rings. The van der Waals surface area contributed by atoms with Gasteiger partial charge in [0.05, 0.1) is 69.0 Å². The van der Waals surface area contributed by atoms with Crippen LogP contribution in [0.15, 0.2) is 0 Å². The highest BCUT2D eigenvalue weighted by Gasteiger charge is 2.42. The predicted molar refractivity (Wildman–Crippen MR) is 365 cm³/mol. The van der Waals surface area contributed by atoms with Crippen LogP contribution in [-0.2, 0) is 105 Å². The fourth-order valence-corrected chi connectivity index (χ4v) is 17.5. The van der Waals surface area contributed by atoms with Crippen LogP contribution in [0.3, 0.4) is 0 Å². The van der Waals surface area contributed by atoms with Gasteiger partial charge >= 0.3 is 47.8 Å². The van der Waals surface area contributed by atoms with Crippen molar-refractivity contribution in [1.82, 2.24) is 9.80 Å². The Hall–Kier alpha value is -3.70. The van der Waals surface area contributed by atoms with Gasteiger partial charge in [-0.25, -0.2) is 0 Å². The number of benzene rings is 2. The molecular formula is C56H68I6N4O24. The minimum atomic E-state index is -1.55. The number of esters is 8. The number of ether oxygens (including phenoxy) is 12. The van der Waals surface area contributed by atoms with Crippen molar-refractivity contribution in [2.75, 3.05) is 76.5 Å². The number of carbonyl (C=O) groups excluding carboxylic acids is 12. The van der Waals surface area contributed by atoms with E-state index in [9.17, 15) is 47.9 Å². The number of rotatable bonds is 29. The van der Waals surface area contributed by atoms with Crippen LogP contribution in [0.1, 0.15) is 104 Å². The Balaban J connectivity index is 2.23. The summed E-state index contributed by atoms with van der Waals surface area (Å²) < 4.78 is 68.1. The van der Waals surface area contributed by atoms with Gasteiger partial charge in [-0.1, -0.05) is 27.7 Å². The highest BCUT2D eigenvalue weighted by Crippen LogP contribution is 2.48. The number of nitrogens with one attached hydrogen (secondary N) is 2. The molecule has 0 aromatic heterocycles. The van der Waals surface area contributed by atoms with E-state index < -0.39 is 173 Å². The fraction of sp³-hybridized carbons (Fsp3) is 0.571. The first kappa shape index (κ1) is 78.7. The maximum atomic E-state index is 16.0. The summed E-state index contributed by atoms with van der Waals surface area (Å²) in [4.78, 5) is 163. The Labute approximate surface area is 600 Å². The summed E-state index contributed by atoms with van der Waals surface area (Å²) >= 11 is 11.5. The molecule has 8 unspecified atom stereocenters. The van der Waals surface area contributed by atoms with Gasteiger partial charge in [-0.3, -0.25) is 57.5 Å². The first-order chi connectivity index (χ1) is 42.1. The molecular weight excluding hydrogens is 1870 g/mol. The summed E-state index contributed by atoms with van der Waals surface area (Å²) in [6.45, 7) is 11.6. The Morgan fingerprint density at radius 3 is 1.00 bits per heavy atom. The molecule has 2 aliphatic rings. The Morgan fingerprint density at radius 1 is 0.433 bits per heavy atom. The molecule has 8 atom stereocenters. The van der Waals surface area contributed by atoms with Crippen molar-refractivity contribution < 1.29 is 114 Å². The monoisotopic (exact) mass is 1940 g/mol. The number of hydrogen-bond acceptors (Lipinski definition) is 24. The van der Waals surface area contributed by atoms with Gasteiger partial charge in [-0.05, 0) is 136 Å². The molecule has 2 saturated heterocycles. The van der Waals surface area contributed by atoms with Crippen LogP contribution in [0.5, 0.6) is 0 Å². The van der Waals surface area contributed by atoms with E-state index in [4.69, 9.17) is 56.8 Å². The lowest BCUT2D eigenvalue weighted by Crippen LogP contribution is -2.49. The number of anilines is 2. The summed E-state index contributed by atoms with van der Waals surface area (Å²) in [7, 11) is 0. The summed E-state index contributed by atoms with van der Waals surface area (Å²) in [5, 5.41) is 5.90. The molecule has 2 aliphatic heterocycles. The van der Waals surface area contributed by atoms with E-state index in [0.717, 1.165) is 65.2 Å². The van der Waals surface area contributed by atoms with E-state index in [1.807, 2.05) is 163 Å². The largest absolute Gasteiger partial charge is 0.464 e. The lowest BCUT2D eigenvalue weighted by atomic mass is 9.97. The third-order valence-corrected chi connectivity index (χ3v) is 19.1. The van der Waals surface area contributed by atoms with Crippen LogP contribution in [0.4, 0.5) is 11.4 Å². The van der Waals surface area contributed by atoms with E-state index in [1.54, 1.807) is 0 Å². The maximum absolute atomic E-state index is 16.0. The summed E-state index contributed by atoms with van der Waals surface area (Å²) in [5.41, 5.74) is 0.0946. The molecule has 34 heteroatoms. The quantitative estimate of drug-likeness (QED) is 0.0497. The Bertz CT molecular complexity index is 2880. The standard InChI is InChI=1S/C56H68I6N4O24/c1-23(2)55-83-21-37(89-55)51(75)63-49-45(59)39(43(57)41(47(49)61)53(77)65(13-15-79-25(5)67)17-33(85-29(9)71)35(87-31(11)73)19-81-27(7)69)40-44(58)42(48(62)50(46(40)60)64-52(76)38-22-84-56(90-38)24(3)4)54(78)66(14-16-80-26(6)68)18-34(86-30(10)72)36(88-32(12)74)20-82-28(8)70/h23-24,33-38,55-56H,13-22H2,1-12H3,(H,63,75)(H,64,76). The Kier molecular flexibility index (Phi) is 32.2. The van der Waals surface area contributed by atoms with E-state index in [2.05, 4.69) is 10.6 Å². The van der Waals surface area contributed by atoms with Crippen molar-refractivity contribution in [2.24, 2.45) is 11.8 Å². The molecule has 0 saturated carbocycles. The average molecular weight is 1940 g/mol. The molecule has 498 valence electrons. The van der Waals surface area contributed by atoms with Gasteiger partial charge in [0, 0.05) is 92.6 Å². The summed E-state index contributed by atoms with van der Waals surface area (Å²) in [5.74, 6) is -9.99. The van der Waals surface area contributed by atoms with Gasteiger partial charge in [-0.15, -0.1) is 0 Å². The molecule has 0 aliphatic carbocycles. The third-order valence-electron chi connectivity index (χ3n) is 12.6. The first-order valence-corrected chi connectivity index (χ1v) is 33.9. The molecule has 2 heterocycles. The number of carbonyl (C=O) groups is 12. The highest BCUT2D eigenvalue weighted by atomic mass is 127. The first-order valence-electron chi connectivity index (χ1n) is 27.4. The van der Waals surface area contributed by atoms with E-state index in [1.165, 1.54) is 0 Å². The van der Waals surface area contributed by atoms with Gasteiger partial charge < -0.3 is 77.3 Å². The van der Waals surface area contributed by atoms with Gasteiger partial charge in [-0.2, -0.15) is 0 Å². The van der Waals surface area contributed by atoms with Crippen LogP contribution in [0.2, 0.25) is 0 Å². The number of halogens is 6. The summed E-state index contributed by atoms with van der Waals surface area (Å²) in [6.07, 6.45) is -9.95. The van der Waals surface area contributed by atoms with Crippen LogP contribution >= 0.6 is 136 Å². The van der Waals surface area contributed by atoms with Crippen molar-refractivity contribution in [3.05, 3.63) is 32.5 Å². The average Bonchev–Trinajstić information content (AvgIpc) is 0.852. The fourth-order valence-electron chi connectivity index (χ4n) is 8.64. The summed E-state index contributed by atoms with van der Waals surface area (Å²) in [6, 6.07) is 0. The topological polar surface area (TPSA) is 346 Å². The maximum Gasteiger partial charge on any atom is 0.303 e. The SMILES string of the molecule is CC(=O)OCCN(CC(OC(C)=O)C(COC(C)=O)OC(C)=O)C(=O)c1c(I)c(NC(=O)C2COC(C(C)C)O2)c(I)c(-c2c(I)c(NC(=O)C3COC(C(C)C)O3)c(I)c(C(=O)N(CCOC(C)=O)CC(OC(C)=O)C(COC(C)=O)OC(C)=O)c2I)c1I. The van der Waals surface area contributed by atoms with Crippen LogP contribution in [0, 0.1) is 33.3 Å². The molecule has 2 N–H and O–H groups in total. The second-order valence-electron chi connectivity index (χ2n) is 20.6. The molecule has 0 bridgehead atoms. The number of amides is 4. The molecule has 90 heavy (non-hydrogen) atoms. The number of nitrogens with zero attached hydrogens (tertiary/aromatic N) is 2. The smallest absolute Gasteiger partial charge is 0.303 e. The second kappa shape index (κ2) is 36.8. The molecule has 2 aromatic carbocycles. The van der Waals surface area contributed by atoms with Gasteiger partial charge in [0.15, 0.2) is 49.2 Å². The molecule has 28 nitrogen and oxygen atoms in total. The molecule has 4 amide bonds. The lowest BCUT2D eigenvalue weighted by Gasteiger charge is -2.33. The van der Waals surface area contributed by atoms with Gasteiger partial charge in [0.25, 0.3) is 23.6 Å². The van der Waals surface area contributed by atoms with Crippen molar-refractivity contribution in [3.63, 3.8) is 0 Å². The van der Waals surface area contributed by atoms with E-state index >= 15 is 9.59 Å². The van der Waals surface area contributed by atoms with Crippen LogP contribution in [0.25, 0.3) is 11.1 Å². The van der Waals surface area contributed by atoms with Crippen molar-refractivity contribution >= 4 is 218 Å². The van der Waals surface area contributed by atoms with Crippen LogP contribution in [-0.4, -0.2) is 196 Å². The normalized spacial score (nSPS) is 17.4. The number of hydrogen-bond donors (Lipinski definition) is 2. The van der Waals surface area contributed by atoms with Crippen molar-refractivity contribution in [3.8, 4) is 11.1 Å². The molecule has 0 spiro atoms. The van der Waals surface area contributed by atoms with Crippen LogP contribution < -0.4 is 10.6 Å². The molecule has 0 radical (unpaired) electrons. The highest BCUT2D eigenvalue weighted by molar-refractivity contribution is 14.1. The van der Waals surface area contributed by atoms with Gasteiger partial charge in [0.1, 0.15) is 26.4 Å². The zero-order chi connectivity index (χ0) is 67.8. The zero-order valence-corrected chi connectivity index (χ0v) is 63.7. The van der Waals surface area contributed by atoms with Gasteiger partial charge in [0.2, 0.25) is 0 Å². The molecule has 2 fully saturated rings. The van der Waals surface area contributed by atoms with E-state index in [0.29, 0.717) is 0 Å². The third kappa shape index (κ3) is 22.8. The minimum absolute atomic E-state index is 0.0250. The Morgan fingerprint density at radius 2 is 0.733 bits per heavy atom. The second-order valence-corrected chi connectivity index (χ2v) is 27.1. The predicted octanol–water partition coefficient (Wildman–Crippen LogP) is 6.52. The van der Waals surface area contributed by atoms with Crippen molar-refractivity contribution in [2.45, 2.75) is 132 Å². The van der Waals surface area contributed by atoms with E-state index in [-0.39, 0.29) is 80.1 Å². The van der Waals surface area contributed by atoms with Crippen molar-refractivity contribution in [1.29, 1.82) is 0 Å².